The molecule has 0 radical (unpaired) electrons. The van der Waals surface area contributed by atoms with Gasteiger partial charge < -0.3 is 10.4 Å². The molecule has 3 N–H and O–H groups in total. The van der Waals surface area contributed by atoms with Crippen molar-refractivity contribution in [1.29, 1.82) is 0 Å². The predicted octanol–water partition coefficient (Wildman–Crippen LogP) is 0.576. The molecular formula is C9H12FN3O3. The third-order valence-corrected chi connectivity index (χ3v) is 1.89. The van der Waals surface area contributed by atoms with Crippen LogP contribution >= 0.6 is 0 Å². The molecule has 0 atom stereocenters. The molecular weight excluding hydrogens is 217 g/mol. The molecule has 16 heavy (non-hydrogen) atoms. The van der Waals surface area contributed by atoms with Crippen molar-refractivity contribution >= 4 is 11.8 Å². The molecule has 0 aliphatic rings. The number of hydrogen-bond acceptors (Lipinski definition) is 4. The molecule has 88 valence electrons. The second kappa shape index (κ2) is 5.84. The Morgan fingerprint density at radius 2 is 2.31 bits per heavy atom. The zero-order valence-electron chi connectivity index (χ0n) is 8.49. The van der Waals surface area contributed by atoms with Crippen LogP contribution < -0.4 is 11.0 Å². The standard InChI is InChI=1S/C9H12FN3O3/c10-6-5-12-9(16)13-8(6)11-4-2-1-3-7(14)15/h5H,1-4H2,(H,14,15)(H2,11,12,13,16). The molecule has 1 rings (SSSR count). The van der Waals surface area contributed by atoms with Crippen LogP contribution in [0.5, 0.6) is 0 Å². The number of hydrogen-bond donors (Lipinski definition) is 3. The van der Waals surface area contributed by atoms with Crippen LogP contribution in [0.2, 0.25) is 0 Å². The van der Waals surface area contributed by atoms with Crippen molar-refractivity contribution in [2.75, 3.05) is 11.9 Å². The number of nitrogens with one attached hydrogen (secondary N) is 2. The average molecular weight is 229 g/mol. The lowest BCUT2D eigenvalue weighted by Gasteiger charge is -2.05. The molecule has 1 heterocycles. The van der Waals surface area contributed by atoms with E-state index in [0.717, 1.165) is 6.20 Å². The molecule has 6 nitrogen and oxygen atoms in total. The van der Waals surface area contributed by atoms with Gasteiger partial charge in [0.1, 0.15) is 5.82 Å². The Hall–Kier alpha value is -1.92. The maximum absolute atomic E-state index is 13.0. The smallest absolute Gasteiger partial charge is 0.346 e. The number of carbonyl (C=O) groups is 1. The topological polar surface area (TPSA) is 95.1 Å². The summed E-state index contributed by atoms with van der Waals surface area (Å²) in [5.74, 6) is -1.52. The summed E-state index contributed by atoms with van der Waals surface area (Å²) in [6.07, 6.45) is 1.99. The normalized spacial score (nSPS) is 10.1. The Kier molecular flexibility index (Phi) is 4.43. The summed E-state index contributed by atoms with van der Waals surface area (Å²) in [6, 6.07) is 0. The van der Waals surface area contributed by atoms with E-state index in [0.29, 0.717) is 19.4 Å². The Bertz CT molecular complexity index is 419. The SMILES string of the molecule is O=C(O)CCCCNc1[nH]c(=O)ncc1F. The second-order valence-electron chi connectivity index (χ2n) is 3.19. The highest BCUT2D eigenvalue weighted by molar-refractivity contribution is 5.66. The number of carboxylic acid groups (broad SMARTS) is 1. The van der Waals surface area contributed by atoms with Crippen molar-refractivity contribution in [3.8, 4) is 0 Å². The lowest BCUT2D eigenvalue weighted by molar-refractivity contribution is -0.137. The lowest BCUT2D eigenvalue weighted by atomic mass is 10.2. The Morgan fingerprint density at radius 3 is 3.00 bits per heavy atom. The maximum atomic E-state index is 13.0. The van der Waals surface area contributed by atoms with Crippen molar-refractivity contribution in [1.82, 2.24) is 9.97 Å². The first-order valence-corrected chi connectivity index (χ1v) is 4.80. The minimum Gasteiger partial charge on any atom is -0.481 e. The first-order chi connectivity index (χ1) is 7.59. The molecule has 0 aliphatic heterocycles. The van der Waals surface area contributed by atoms with Gasteiger partial charge in [-0.3, -0.25) is 9.78 Å². The van der Waals surface area contributed by atoms with Gasteiger partial charge in [-0.25, -0.2) is 9.18 Å². The van der Waals surface area contributed by atoms with Crippen LogP contribution in [-0.2, 0) is 4.79 Å². The molecule has 0 spiro atoms. The van der Waals surface area contributed by atoms with Gasteiger partial charge in [0, 0.05) is 13.0 Å². The molecule has 0 saturated carbocycles. The molecule has 0 fully saturated rings. The van der Waals surface area contributed by atoms with Crippen molar-refractivity contribution in [3.05, 3.63) is 22.5 Å². The molecule has 0 saturated heterocycles. The first kappa shape index (κ1) is 12.2. The van der Waals surface area contributed by atoms with Crippen molar-refractivity contribution in [2.24, 2.45) is 0 Å². The van der Waals surface area contributed by atoms with E-state index in [1.807, 2.05) is 0 Å². The fourth-order valence-electron chi connectivity index (χ4n) is 1.12. The average Bonchev–Trinajstić information content (AvgIpc) is 2.22. The van der Waals surface area contributed by atoms with Gasteiger partial charge in [-0.15, -0.1) is 0 Å². The minimum absolute atomic E-state index is 0.0182. The molecule has 0 aliphatic carbocycles. The number of aromatic nitrogens is 2. The number of aromatic amines is 1. The zero-order chi connectivity index (χ0) is 12.0. The van der Waals surface area contributed by atoms with Gasteiger partial charge in [-0.05, 0) is 12.8 Å². The summed E-state index contributed by atoms with van der Waals surface area (Å²) < 4.78 is 13.0. The van der Waals surface area contributed by atoms with Crippen LogP contribution in [0.3, 0.4) is 0 Å². The molecule has 1 aromatic heterocycles. The maximum Gasteiger partial charge on any atom is 0.346 e. The van der Waals surface area contributed by atoms with Crippen molar-refractivity contribution < 1.29 is 14.3 Å². The molecule has 7 heteroatoms. The third-order valence-electron chi connectivity index (χ3n) is 1.89. The van der Waals surface area contributed by atoms with Gasteiger partial charge in [-0.1, -0.05) is 0 Å². The van der Waals surface area contributed by atoms with Crippen molar-refractivity contribution in [2.45, 2.75) is 19.3 Å². The minimum atomic E-state index is -0.858. The second-order valence-corrected chi connectivity index (χ2v) is 3.19. The number of anilines is 1. The van der Waals surface area contributed by atoms with E-state index in [9.17, 15) is 14.0 Å². The van der Waals surface area contributed by atoms with Crippen LogP contribution in [0.4, 0.5) is 10.2 Å². The summed E-state index contributed by atoms with van der Waals surface area (Å²) >= 11 is 0. The number of unbranched alkanes of at least 4 members (excludes halogenated alkanes) is 1. The third kappa shape index (κ3) is 4.07. The van der Waals surface area contributed by atoms with E-state index in [-0.39, 0.29) is 12.2 Å². The fourth-order valence-corrected chi connectivity index (χ4v) is 1.12. The van der Waals surface area contributed by atoms with Gasteiger partial charge in [0.25, 0.3) is 0 Å². The Balaban J connectivity index is 2.34. The number of H-pyrrole nitrogens is 1. The number of carboxylic acids is 1. The van der Waals surface area contributed by atoms with Crippen LogP contribution in [0.25, 0.3) is 0 Å². The number of rotatable bonds is 6. The molecule has 1 aromatic rings. The highest BCUT2D eigenvalue weighted by Gasteiger charge is 2.02. The van der Waals surface area contributed by atoms with Gasteiger partial charge >= 0.3 is 11.7 Å². The Labute approximate surface area is 90.5 Å². The van der Waals surface area contributed by atoms with Gasteiger partial charge in [-0.2, -0.15) is 4.98 Å². The number of halogens is 1. The number of nitrogens with zero attached hydrogens (tertiary/aromatic N) is 1. The number of aliphatic carboxylic acids is 1. The van der Waals surface area contributed by atoms with E-state index in [1.165, 1.54) is 0 Å². The first-order valence-electron chi connectivity index (χ1n) is 4.80. The molecule has 0 amide bonds. The highest BCUT2D eigenvalue weighted by atomic mass is 19.1. The van der Waals surface area contributed by atoms with E-state index < -0.39 is 17.5 Å². The van der Waals surface area contributed by atoms with Crippen molar-refractivity contribution in [3.63, 3.8) is 0 Å². The zero-order valence-corrected chi connectivity index (χ0v) is 8.49. The monoisotopic (exact) mass is 229 g/mol. The van der Waals surface area contributed by atoms with Crippen LogP contribution in [-0.4, -0.2) is 27.6 Å². The van der Waals surface area contributed by atoms with Crippen LogP contribution in [0.1, 0.15) is 19.3 Å². The van der Waals surface area contributed by atoms with E-state index in [1.54, 1.807) is 0 Å². The molecule has 0 bridgehead atoms. The quantitative estimate of drug-likeness (QED) is 0.620. The van der Waals surface area contributed by atoms with Crippen LogP contribution in [0, 0.1) is 5.82 Å². The predicted molar refractivity (Wildman–Crippen MR) is 54.8 cm³/mol. The van der Waals surface area contributed by atoms with Gasteiger partial charge in [0.15, 0.2) is 5.82 Å². The molecule has 0 unspecified atom stereocenters. The highest BCUT2D eigenvalue weighted by Crippen LogP contribution is 2.05. The summed E-state index contributed by atoms with van der Waals surface area (Å²) in [6.45, 7) is 0.393. The van der Waals surface area contributed by atoms with Gasteiger partial charge in [0.2, 0.25) is 0 Å². The summed E-state index contributed by atoms with van der Waals surface area (Å²) in [5, 5.41) is 11.0. The van der Waals surface area contributed by atoms with Crippen LogP contribution in [0.15, 0.2) is 11.0 Å². The Morgan fingerprint density at radius 1 is 1.56 bits per heavy atom. The van der Waals surface area contributed by atoms with E-state index >= 15 is 0 Å². The summed E-state index contributed by atoms with van der Waals surface area (Å²) in [5.41, 5.74) is -0.630. The lowest BCUT2D eigenvalue weighted by Crippen LogP contribution is -2.15. The largest absolute Gasteiger partial charge is 0.481 e. The summed E-state index contributed by atoms with van der Waals surface area (Å²) in [4.78, 5) is 26.4. The fraction of sp³-hybridized carbons (Fsp3) is 0.444. The van der Waals surface area contributed by atoms with E-state index in [4.69, 9.17) is 5.11 Å². The van der Waals surface area contributed by atoms with E-state index in [2.05, 4.69) is 15.3 Å². The summed E-state index contributed by atoms with van der Waals surface area (Å²) in [7, 11) is 0. The molecule has 0 aromatic carbocycles. The van der Waals surface area contributed by atoms with Gasteiger partial charge in [0.05, 0.1) is 6.20 Å².